The zero-order valence-corrected chi connectivity index (χ0v) is 23.7. The number of anilines is 2. The summed E-state index contributed by atoms with van der Waals surface area (Å²) in [5.41, 5.74) is 2.20. The number of rotatable bonds is 5. The molecule has 1 N–H and O–H groups in total. The summed E-state index contributed by atoms with van der Waals surface area (Å²) in [6.07, 6.45) is 3.89. The predicted molar refractivity (Wildman–Crippen MR) is 164 cm³/mol. The van der Waals surface area contributed by atoms with Gasteiger partial charge in [0.15, 0.2) is 11.6 Å². The molecule has 4 aromatic rings. The first-order valence-electron chi connectivity index (χ1n) is 13.9. The summed E-state index contributed by atoms with van der Waals surface area (Å²) in [5, 5.41) is 3.49. The summed E-state index contributed by atoms with van der Waals surface area (Å²) in [6, 6.07) is 26.1. The number of hydrogen-bond acceptors (Lipinski definition) is 6. The van der Waals surface area contributed by atoms with E-state index in [4.69, 9.17) is 16.3 Å². The smallest absolute Gasteiger partial charge is 0.308 e. The van der Waals surface area contributed by atoms with Gasteiger partial charge in [-0.25, -0.2) is 0 Å². The van der Waals surface area contributed by atoms with Crippen LogP contribution in [0, 0.1) is 5.92 Å². The number of nitrogens with zero attached hydrogens (tertiary/aromatic N) is 1. The van der Waals surface area contributed by atoms with Gasteiger partial charge in [0, 0.05) is 34.4 Å². The monoisotopic (exact) mass is 588 g/mol. The number of hydrogen-bond donors (Lipinski definition) is 1. The summed E-state index contributed by atoms with van der Waals surface area (Å²) in [6.45, 7) is 1.30. The molecule has 43 heavy (non-hydrogen) atoms. The number of benzene rings is 4. The van der Waals surface area contributed by atoms with Crippen molar-refractivity contribution in [3.05, 3.63) is 130 Å². The van der Waals surface area contributed by atoms with Crippen LogP contribution < -0.4 is 15.0 Å². The van der Waals surface area contributed by atoms with Gasteiger partial charge >= 0.3 is 5.97 Å². The van der Waals surface area contributed by atoms with Crippen LogP contribution in [-0.4, -0.2) is 35.5 Å². The molecule has 1 fully saturated rings. The van der Waals surface area contributed by atoms with Crippen LogP contribution in [0.4, 0.5) is 11.4 Å². The number of Topliss-reactive ketones (excluding diaryl/α,β-unsaturated/α-hetero) is 2. The molecule has 0 bridgehead atoms. The van der Waals surface area contributed by atoms with E-state index in [1.165, 1.54) is 6.92 Å². The van der Waals surface area contributed by atoms with Crippen LogP contribution in [0.15, 0.2) is 103 Å². The van der Waals surface area contributed by atoms with Crippen LogP contribution in [0.5, 0.6) is 5.75 Å². The Hall–Kier alpha value is -5.01. The van der Waals surface area contributed by atoms with Gasteiger partial charge in [0.05, 0.1) is 12.0 Å². The molecule has 0 saturated carbocycles. The lowest BCUT2D eigenvalue weighted by atomic mass is 9.64. The van der Waals surface area contributed by atoms with Crippen LogP contribution in [0.25, 0.3) is 6.08 Å². The number of ketones is 2. The van der Waals surface area contributed by atoms with E-state index < -0.39 is 29.4 Å². The maximum atomic E-state index is 14.8. The molecule has 0 radical (unpaired) electrons. The Kier molecular flexibility index (Phi) is 6.29. The molecule has 3 heterocycles. The highest BCUT2D eigenvalue weighted by Gasteiger charge is 2.70. The zero-order valence-electron chi connectivity index (χ0n) is 23.0. The Morgan fingerprint density at radius 2 is 1.49 bits per heavy atom. The first-order chi connectivity index (χ1) is 20.8. The Bertz CT molecular complexity index is 1850. The molecular formula is C35H25ClN2O5. The molecule has 7 rings (SSSR count). The van der Waals surface area contributed by atoms with Gasteiger partial charge in [0.25, 0.3) is 0 Å². The summed E-state index contributed by atoms with van der Waals surface area (Å²) >= 11 is 6.17. The van der Waals surface area contributed by atoms with E-state index in [1.54, 1.807) is 48.5 Å². The third-order valence-corrected chi connectivity index (χ3v) is 8.87. The number of fused-ring (bicyclic) bond motifs is 6. The predicted octanol–water partition coefficient (Wildman–Crippen LogP) is 6.12. The third kappa shape index (κ3) is 4.03. The summed E-state index contributed by atoms with van der Waals surface area (Å²) in [7, 11) is 0. The van der Waals surface area contributed by atoms with Gasteiger partial charge in [-0.1, -0.05) is 60.2 Å². The largest absolute Gasteiger partial charge is 0.427 e. The number of carbonyl (C=O) groups excluding carboxylic acids is 4. The Balaban J connectivity index is 1.48. The van der Waals surface area contributed by atoms with E-state index in [2.05, 4.69) is 5.32 Å². The van der Waals surface area contributed by atoms with E-state index in [0.29, 0.717) is 33.1 Å². The van der Waals surface area contributed by atoms with Crippen LogP contribution in [0.1, 0.15) is 38.8 Å². The standard InChI is InChI=1S/C35H25ClN2O5/c1-20(39)43-25-17-12-23(13-18-25)33(41)31-30(32(40)22-10-15-24(36)16-11-22)35(26-7-3-4-8-27(26)37-34(35)42)29-19-14-21-6-2-5-9-28(21)38(29)31/h2-19,29-31H,1H3,(H,37,42)/t29-,30+,31-,35-/m1/s1. The lowest BCUT2D eigenvalue weighted by Gasteiger charge is -2.37. The molecule has 3 aliphatic heterocycles. The summed E-state index contributed by atoms with van der Waals surface area (Å²) in [4.78, 5) is 57.3. The molecule has 0 aromatic heterocycles. The molecule has 0 unspecified atom stereocenters. The second-order valence-corrected chi connectivity index (χ2v) is 11.4. The number of para-hydroxylation sites is 2. The van der Waals surface area contributed by atoms with Crippen molar-refractivity contribution in [2.75, 3.05) is 10.2 Å². The lowest BCUT2D eigenvalue weighted by Crippen LogP contribution is -2.51. The quantitative estimate of drug-likeness (QED) is 0.171. The van der Waals surface area contributed by atoms with E-state index in [-0.39, 0.29) is 17.5 Å². The van der Waals surface area contributed by atoms with E-state index in [0.717, 1.165) is 11.3 Å². The fourth-order valence-corrected chi connectivity index (χ4v) is 7.06. The van der Waals surface area contributed by atoms with Crippen molar-refractivity contribution in [2.24, 2.45) is 5.92 Å². The number of nitrogens with one attached hydrogen (secondary N) is 1. The zero-order chi connectivity index (χ0) is 29.9. The van der Waals surface area contributed by atoms with Gasteiger partial charge in [-0.3, -0.25) is 19.2 Å². The van der Waals surface area contributed by atoms with Crippen molar-refractivity contribution in [3.8, 4) is 5.75 Å². The molecule has 4 atom stereocenters. The van der Waals surface area contributed by atoms with Gasteiger partial charge in [-0.15, -0.1) is 0 Å². The molecule has 1 amide bonds. The molecule has 4 aromatic carbocycles. The van der Waals surface area contributed by atoms with Gasteiger partial charge in [-0.05, 0) is 71.8 Å². The number of amides is 1. The highest BCUT2D eigenvalue weighted by molar-refractivity contribution is 6.30. The normalized spacial score (nSPS) is 22.9. The second-order valence-electron chi connectivity index (χ2n) is 10.9. The third-order valence-electron chi connectivity index (χ3n) is 8.62. The fraction of sp³-hybridized carbons (Fsp3) is 0.143. The van der Waals surface area contributed by atoms with Gasteiger partial charge in [0.2, 0.25) is 5.91 Å². The number of halogens is 1. The van der Waals surface area contributed by atoms with E-state index in [1.807, 2.05) is 65.6 Å². The maximum absolute atomic E-state index is 14.8. The van der Waals surface area contributed by atoms with Crippen LogP contribution in [0.2, 0.25) is 5.02 Å². The van der Waals surface area contributed by atoms with E-state index >= 15 is 0 Å². The Morgan fingerprint density at radius 3 is 2.23 bits per heavy atom. The average molecular weight is 589 g/mol. The van der Waals surface area contributed by atoms with Crippen LogP contribution in [-0.2, 0) is 15.0 Å². The summed E-state index contributed by atoms with van der Waals surface area (Å²) in [5.74, 6) is -2.27. The van der Waals surface area contributed by atoms with Crippen molar-refractivity contribution < 1.29 is 23.9 Å². The first-order valence-corrected chi connectivity index (χ1v) is 14.3. The van der Waals surface area contributed by atoms with Crippen molar-refractivity contribution in [1.82, 2.24) is 0 Å². The SMILES string of the molecule is CC(=O)Oc1ccc(C(=O)[C@H]2[C@@H](C(=O)c3ccc(Cl)cc3)[C@]3(C(=O)Nc4ccccc43)[C@H]3C=Cc4ccccc4N23)cc1. The van der Waals surface area contributed by atoms with Crippen molar-refractivity contribution in [3.63, 3.8) is 0 Å². The molecule has 7 nitrogen and oxygen atoms in total. The molecule has 8 heteroatoms. The minimum absolute atomic E-state index is 0.300. The molecule has 212 valence electrons. The van der Waals surface area contributed by atoms with Crippen LogP contribution in [0.3, 0.4) is 0 Å². The molecular weight excluding hydrogens is 564 g/mol. The van der Waals surface area contributed by atoms with Gasteiger partial charge in [-0.2, -0.15) is 0 Å². The average Bonchev–Trinajstić information content (AvgIpc) is 3.49. The first kappa shape index (κ1) is 26.9. The number of esters is 1. The van der Waals surface area contributed by atoms with E-state index in [9.17, 15) is 19.2 Å². The molecule has 1 spiro atoms. The molecule has 1 saturated heterocycles. The maximum Gasteiger partial charge on any atom is 0.308 e. The second kappa shape index (κ2) is 10.1. The van der Waals surface area contributed by atoms with Gasteiger partial charge < -0.3 is 15.0 Å². The number of carbonyl (C=O) groups is 4. The van der Waals surface area contributed by atoms with Crippen molar-refractivity contribution in [2.45, 2.75) is 24.4 Å². The molecule has 3 aliphatic rings. The minimum Gasteiger partial charge on any atom is -0.427 e. The lowest BCUT2D eigenvalue weighted by molar-refractivity contribution is -0.131. The Morgan fingerprint density at radius 1 is 0.837 bits per heavy atom. The fourth-order valence-electron chi connectivity index (χ4n) is 6.94. The molecule has 0 aliphatic carbocycles. The Labute approximate surface area is 252 Å². The van der Waals surface area contributed by atoms with Crippen molar-refractivity contribution in [1.29, 1.82) is 0 Å². The highest BCUT2D eigenvalue weighted by Crippen LogP contribution is 2.58. The van der Waals surface area contributed by atoms with Crippen molar-refractivity contribution >= 4 is 52.5 Å². The summed E-state index contributed by atoms with van der Waals surface area (Å²) < 4.78 is 5.18. The minimum atomic E-state index is -1.41. The highest BCUT2D eigenvalue weighted by atomic mass is 35.5. The topological polar surface area (TPSA) is 92.8 Å². The van der Waals surface area contributed by atoms with Gasteiger partial charge in [0.1, 0.15) is 17.2 Å². The van der Waals surface area contributed by atoms with Crippen LogP contribution >= 0.6 is 11.6 Å². The number of ether oxygens (including phenoxy) is 1.